The number of carboxylic acid groups (broad SMARTS) is 1. The highest BCUT2D eigenvalue weighted by Gasteiger charge is 2.40. The van der Waals surface area contributed by atoms with Crippen LogP contribution in [0, 0.1) is 0 Å². The minimum atomic E-state index is -1.14. The Bertz CT molecular complexity index is 1070. The summed E-state index contributed by atoms with van der Waals surface area (Å²) < 4.78 is 0. The third kappa shape index (κ3) is 4.95. The number of carboxylic acids is 1. The summed E-state index contributed by atoms with van der Waals surface area (Å²) in [6, 6.07) is 26.9. The lowest BCUT2D eigenvalue weighted by atomic mass is 9.77. The average Bonchev–Trinajstić information content (AvgIpc) is 3.39. The van der Waals surface area contributed by atoms with E-state index in [-0.39, 0.29) is 6.42 Å². The standard InChI is InChI=1S/C28H29N3O4/c29-23(26(33)31-18-10-17-24(31)27(34)35)19-25(32)30-28(20-11-4-1-5-12-20,21-13-6-2-7-14-21)22-15-8-3-9-16-22/h1-9,11-16,23-24H,10,17-19,29H2,(H,30,32)(H,34,35)/t23-,24-/m0/s1. The van der Waals surface area contributed by atoms with E-state index in [9.17, 15) is 19.5 Å². The monoisotopic (exact) mass is 471 g/mol. The Balaban J connectivity index is 1.67. The molecule has 4 rings (SSSR count). The van der Waals surface area contributed by atoms with Gasteiger partial charge in [-0.1, -0.05) is 91.0 Å². The maximum Gasteiger partial charge on any atom is 0.326 e. The van der Waals surface area contributed by atoms with Gasteiger partial charge in [0.05, 0.1) is 12.5 Å². The van der Waals surface area contributed by atoms with Gasteiger partial charge < -0.3 is 21.1 Å². The molecule has 0 bridgehead atoms. The van der Waals surface area contributed by atoms with E-state index in [2.05, 4.69) is 5.32 Å². The van der Waals surface area contributed by atoms with Crippen molar-refractivity contribution in [1.29, 1.82) is 0 Å². The van der Waals surface area contributed by atoms with Crippen LogP contribution in [0.1, 0.15) is 36.0 Å². The SMILES string of the molecule is N[C@@H](CC(=O)NC(c1ccccc1)(c1ccccc1)c1ccccc1)C(=O)N1CCC[C@H]1C(=O)O. The summed E-state index contributed by atoms with van der Waals surface area (Å²) >= 11 is 0. The van der Waals surface area contributed by atoms with Gasteiger partial charge in [0.25, 0.3) is 0 Å². The Morgan fingerprint density at radius 3 is 1.77 bits per heavy atom. The summed E-state index contributed by atoms with van der Waals surface area (Å²) in [6.45, 7) is 0.326. The van der Waals surface area contributed by atoms with E-state index in [1.165, 1.54) is 4.90 Å². The number of benzene rings is 3. The Kier molecular flexibility index (Phi) is 7.27. The third-order valence-corrected chi connectivity index (χ3v) is 6.49. The van der Waals surface area contributed by atoms with Crippen molar-refractivity contribution in [3.8, 4) is 0 Å². The maximum atomic E-state index is 13.4. The van der Waals surface area contributed by atoms with Crippen molar-refractivity contribution in [1.82, 2.24) is 10.2 Å². The number of hydrogen-bond donors (Lipinski definition) is 3. The number of nitrogens with one attached hydrogen (secondary N) is 1. The van der Waals surface area contributed by atoms with E-state index < -0.39 is 35.4 Å². The predicted octanol–water partition coefficient (Wildman–Crippen LogP) is 2.89. The molecule has 0 radical (unpaired) electrons. The zero-order chi connectivity index (χ0) is 24.8. The molecule has 0 unspecified atom stereocenters. The molecule has 7 nitrogen and oxygen atoms in total. The van der Waals surface area contributed by atoms with Crippen LogP contribution in [-0.2, 0) is 19.9 Å². The fraction of sp³-hybridized carbons (Fsp3) is 0.250. The first-order valence-corrected chi connectivity index (χ1v) is 11.7. The van der Waals surface area contributed by atoms with Crippen molar-refractivity contribution in [3.63, 3.8) is 0 Å². The number of amides is 2. The van der Waals surface area contributed by atoms with Crippen molar-refractivity contribution in [2.45, 2.75) is 36.9 Å². The van der Waals surface area contributed by atoms with Gasteiger partial charge in [0, 0.05) is 6.54 Å². The van der Waals surface area contributed by atoms with Crippen LogP contribution in [0.15, 0.2) is 91.0 Å². The van der Waals surface area contributed by atoms with Gasteiger partial charge in [-0.3, -0.25) is 9.59 Å². The van der Waals surface area contributed by atoms with Crippen LogP contribution in [0.3, 0.4) is 0 Å². The van der Waals surface area contributed by atoms with Gasteiger partial charge in [-0.05, 0) is 29.5 Å². The molecule has 0 aromatic heterocycles. The molecule has 180 valence electrons. The molecule has 1 aliphatic rings. The van der Waals surface area contributed by atoms with E-state index >= 15 is 0 Å². The van der Waals surface area contributed by atoms with Crippen LogP contribution < -0.4 is 11.1 Å². The number of carbonyl (C=O) groups is 3. The normalized spacial score (nSPS) is 16.5. The summed E-state index contributed by atoms with van der Waals surface area (Å²) in [4.78, 5) is 39.2. The molecular weight excluding hydrogens is 442 g/mol. The van der Waals surface area contributed by atoms with Crippen LogP contribution in [0.4, 0.5) is 0 Å². The smallest absolute Gasteiger partial charge is 0.326 e. The molecule has 2 amide bonds. The van der Waals surface area contributed by atoms with E-state index in [1.807, 2.05) is 91.0 Å². The molecule has 0 spiro atoms. The molecule has 1 saturated heterocycles. The van der Waals surface area contributed by atoms with E-state index in [0.29, 0.717) is 19.4 Å². The topological polar surface area (TPSA) is 113 Å². The molecule has 2 atom stereocenters. The van der Waals surface area contributed by atoms with Crippen molar-refractivity contribution in [2.75, 3.05) is 6.54 Å². The van der Waals surface area contributed by atoms with Crippen molar-refractivity contribution in [3.05, 3.63) is 108 Å². The van der Waals surface area contributed by atoms with Gasteiger partial charge in [0.2, 0.25) is 11.8 Å². The lowest BCUT2D eigenvalue weighted by Gasteiger charge is -2.37. The van der Waals surface area contributed by atoms with Crippen LogP contribution in [0.2, 0.25) is 0 Å². The Hall–Kier alpha value is -3.97. The maximum absolute atomic E-state index is 13.4. The largest absolute Gasteiger partial charge is 0.480 e. The minimum Gasteiger partial charge on any atom is -0.480 e. The van der Waals surface area contributed by atoms with Crippen LogP contribution in [0.25, 0.3) is 0 Å². The zero-order valence-corrected chi connectivity index (χ0v) is 19.3. The molecule has 0 aliphatic carbocycles. The zero-order valence-electron chi connectivity index (χ0n) is 19.3. The first kappa shape index (κ1) is 24.2. The Morgan fingerprint density at radius 2 is 1.34 bits per heavy atom. The molecule has 0 saturated carbocycles. The van der Waals surface area contributed by atoms with Crippen molar-refractivity contribution < 1.29 is 19.5 Å². The third-order valence-electron chi connectivity index (χ3n) is 6.49. The number of carbonyl (C=O) groups excluding carboxylic acids is 2. The molecule has 3 aromatic carbocycles. The number of nitrogens with two attached hydrogens (primary N) is 1. The summed E-state index contributed by atoms with van der Waals surface area (Å²) in [5.41, 5.74) is 7.71. The summed E-state index contributed by atoms with van der Waals surface area (Å²) in [7, 11) is 0. The van der Waals surface area contributed by atoms with Crippen LogP contribution >= 0.6 is 0 Å². The Labute approximate surface area is 204 Å². The lowest BCUT2D eigenvalue weighted by molar-refractivity contribution is -0.149. The molecule has 1 aliphatic heterocycles. The van der Waals surface area contributed by atoms with E-state index in [4.69, 9.17) is 5.73 Å². The molecule has 1 fully saturated rings. The van der Waals surface area contributed by atoms with Gasteiger partial charge in [-0.25, -0.2) is 4.79 Å². The van der Waals surface area contributed by atoms with Gasteiger partial charge in [-0.15, -0.1) is 0 Å². The fourth-order valence-corrected chi connectivity index (χ4v) is 4.83. The first-order valence-electron chi connectivity index (χ1n) is 11.7. The quantitative estimate of drug-likeness (QED) is 0.437. The number of nitrogens with zero attached hydrogens (tertiary/aromatic N) is 1. The van der Waals surface area contributed by atoms with Gasteiger partial charge in [0.15, 0.2) is 0 Å². The molecular formula is C28H29N3O4. The molecule has 4 N–H and O–H groups in total. The summed E-state index contributed by atoms with van der Waals surface area (Å²) in [6.07, 6.45) is 0.718. The lowest BCUT2D eigenvalue weighted by Crippen LogP contribution is -2.52. The number of hydrogen-bond acceptors (Lipinski definition) is 4. The van der Waals surface area contributed by atoms with Crippen LogP contribution in [-0.4, -0.2) is 46.4 Å². The molecule has 3 aromatic rings. The van der Waals surface area contributed by atoms with E-state index in [1.54, 1.807) is 0 Å². The van der Waals surface area contributed by atoms with E-state index in [0.717, 1.165) is 16.7 Å². The number of aliphatic carboxylic acids is 1. The highest BCUT2D eigenvalue weighted by molar-refractivity contribution is 5.91. The fourth-order valence-electron chi connectivity index (χ4n) is 4.83. The number of likely N-dealkylation sites (tertiary alicyclic amines) is 1. The minimum absolute atomic E-state index is 0.268. The second-order valence-corrected chi connectivity index (χ2v) is 8.73. The van der Waals surface area contributed by atoms with Crippen molar-refractivity contribution >= 4 is 17.8 Å². The highest BCUT2D eigenvalue weighted by atomic mass is 16.4. The predicted molar refractivity (Wildman–Crippen MR) is 132 cm³/mol. The molecule has 7 heteroatoms. The number of rotatable bonds is 8. The van der Waals surface area contributed by atoms with Crippen molar-refractivity contribution in [2.24, 2.45) is 5.73 Å². The average molecular weight is 472 g/mol. The molecule has 35 heavy (non-hydrogen) atoms. The highest BCUT2D eigenvalue weighted by Crippen LogP contribution is 2.37. The summed E-state index contributed by atoms with van der Waals surface area (Å²) in [5.74, 6) is -1.98. The second kappa shape index (κ2) is 10.5. The Morgan fingerprint density at radius 1 is 0.886 bits per heavy atom. The van der Waals surface area contributed by atoms with Gasteiger partial charge in [0.1, 0.15) is 11.6 Å². The summed E-state index contributed by atoms with van der Waals surface area (Å²) in [5, 5.41) is 12.6. The second-order valence-electron chi connectivity index (χ2n) is 8.73. The van der Waals surface area contributed by atoms with Gasteiger partial charge in [-0.2, -0.15) is 0 Å². The molecule has 1 heterocycles. The first-order chi connectivity index (χ1) is 16.9. The van der Waals surface area contributed by atoms with Gasteiger partial charge >= 0.3 is 5.97 Å². The van der Waals surface area contributed by atoms with Crippen LogP contribution in [0.5, 0.6) is 0 Å².